The van der Waals surface area contributed by atoms with Gasteiger partial charge in [0.05, 0.1) is 17.8 Å². The molecule has 0 atom stereocenters. The number of carbonyl (C=O) groups is 1. The number of hydrogen-bond acceptors (Lipinski definition) is 3. The third-order valence-electron chi connectivity index (χ3n) is 2.71. The summed E-state index contributed by atoms with van der Waals surface area (Å²) in [6.07, 6.45) is -4.40. The maximum atomic E-state index is 12.4. The number of benzene rings is 1. The van der Waals surface area contributed by atoms with E-state index in [0.717, 1.165) is 12.1 Å². The number of halogens is 3. The molecule has 4 nitrogen and oxygen atoms in total. The van der Waals surface area contributed by atoms with Crippen molar-refractivity contribution in [2.45, 2.75) is 13.1 Å². The summed E-state index contributed by atoms with van der Waals surface area (Å²) in [4.78, 5) is 16.1. The smallest absolute Gasteiger partial charge is 0.416 e. The van der Waals surface area contributed by atoms with Crippen molar-refractivity contribution in [3.63, 3.8) is 0 Å². The molecule has 0 saturated heterocycles. The standard InChI is InChI=1S/C12H10F3NO3/c1-7-10(11(17)18)6-16(19-7)9-4-2-8(3-5-9)12(13,14)15/h2-5H,6H2,1H3,(H,17,18). The molecule has 1 heterocycles. The summed E-state index contributed by atoms with van der Waals surface area (Å²) in [6.45, 7) is 1.49. The minimum absolute atomic E-state index is 0.00741. The number of anilines is 1. The highest BCUT2D eigenvalue weighted by molar-refractivity contribution is 5.89. The van der Waals surface area contributed by atoms with Gasteiger partial charge in [-0.1, -0.05) is 0 Å². The van der Waals surface area contributed by atoms with E-state index in [9.17, 15) is 18.0 Å². The topological polar surface area (TPSA) is 49.8 Å². The predicted molar refractivity (Wildman–Crippen MR) is 60.2 cm³/mol. The van der Waals surface area contributed by atoms with Crippen molar-refractivity contribution in [1.29, 1.82) is 0 Å². The van der Waals surface area contributed by atoms with E-state index in [4.69, 9.17) is 9.94 Å². The fourth-order valence-corrected chi connectivity index (χ4v) is 1.69. The Morgan fingerprint density at radius 2 is 1.89 bits per heavy atom. The van der Waals surface area contributed by atoms with Crippen molar-refractivity contribution in [2.75, 3.05) is 11.6 Å². The number of rotatable bonds is 2. The Morgan fingerprint density at radius 3 is 2.32 bits per heavy atom. The Labute approximate surface area is 106 Å². The second-order valence-corrected chi connectivity index (χ2v) is 4.01. The first-order chi connectivity index (χ1) is 8.79. The molecule has 0 amide bonds. The lowest BCUT2D eigenvalue weighted by Gasteiger charge is -2.18. The summed E-state index contributed by atoms with van der Waals surface area (Å²) in [6, 6.07) is 4.32. The van der Waals surface area contributed by atoms with Gasteiger partial charge in [-0.05, 0) is 31.2 Å². The summed E-state index contributed by atoms with van der Waals surface area (Å²) in [5.41, 5.74) is -0.318. The second kappa shape index (κ2) is 4.49. The lowest BCUT2D eigenvalue weighted by Crippen LogP contribution is -2.20. The minimum atomic E-state index is -4.40. The first kappa shape index (κ1) is 13.3. The molecule has 2 rings (SSSR count). The zero-order valence-electron chi connectivity index (χ0n) is 9.86. The monoisotopic (exact) mass is 273 g/mol. The van der Waals surface area contributed by atoms with Gasteiger partial charge < -0.3 is 9.94 Å². The molecule has 102 valence electrons. The number of aliphatic carboxylic acids is 1. The summed E-state index contributed by atoms with van der Waals surface area (Å²) in [7, 11) is 0. The van der Waals surface area contributed by atoms with Gasteiger partial charge in [0.25, 0.3) is 0 Å². The fourth-order valence-electron chi connectivity index (χ4n) is 1.69. The van der Waals surface area contributed by atoms with Crippen LogP contribution in [0.15, 0.2) is 35.6 Å². The van der Waals surface area contributed by atoms with Crippen molar-refractivity contribution in [3.05, 3.63) is 41.2 Å². The van der Waals surface area contributed by atoms with Crippen molar-refractivity contribution >= 4 is 11.7 Å². The van der Waals surface area contributed by atoms with E-state index in [-0.39, 0.29) is 17.9 Å². The summed E-state index contributed by atoms with van der Waals surface area (Å²) >= 11 is 0. The van der Waals surface area contributed by atoms with Gasteiger partial charge in [-0.3, -0.25) is 0 Å². The van der Waals surface area contributed by atoms with Gasteiger partial charge in [0.15, 0.2) is 0 Å². The largest absolute Gasteiger partial charge is 0.478 e. The number of allylic oxidation sites excluding steroid dienone is 1. The summed E-state index contributed by atoms with van der Waals surface area (Å²) in [5.74, 6) is -0.876. The molecule has 0 bridgehead atoms. The fraction of sp³-hybridized carbons (Fsp3) is 0.250. The van der Waals surface area contributed by atoms with Crippen molar-refractivity contribution in [3.8, 4) is 0 Å². The maximum Gasteiger partial charge on any atom is 0.416 e. The molecular formula is C12H10F3NO3. The van der Waals surface area contributed by atoms with Gasteiger partial charge in [-0.15, -0.1) is 0 Å². The van der Waals surface area contributed by atoms with Crippen LogP contribution in [-0.2, 0) is 15.8 Å². The van der Waals surface area contributed by atoms with Gasteiger partial charge in [0, 0.05) is 0 Å². The molecule has 7 heteroatoms. The molecule has 1 aliphatic rings. The molecule has 1 aromatic rings. The first-order valence-electron chi connectivity index (χ1n) is 5.35. The van der Waals surface area contributed by atoms with E-state index in [1.165, 1.54) is 24.1 Å². The number of carboxylic acids is 1. The molecule has 0 fully saturated rings. The van der Waals surface area contributed by atoms with E-state index in [1.54, 1.807) is 0 Å². The highest BCUT2D eigenvalue weighted by atomic mass is 19.4. The third-order valence-corrected chi connectivity index (χ3v) is 2.71. The number of carboxylic acid groups (broad SMARTS) is 1. The predicted octanol–water partition coefficient (Wildman–Crippen LogP) is 2.82. The SMILES string of the molecule is CC1=C(C(=O)O)CN(c2ccc(C(F)(F)F)cc2)O1. The van der Waals surface area contributed by atoms with Crippen molar-refractivity contribution in [2.24, 2.45) is 0 Å². The van der Waals surface area contributed by atoms with E-state index in [1.807, 2.05) is 0 Å². The van der Waals surface area contributed by atoms with Crippen LogP contribution in [0.4, 0.5) is 18.9 Å². The number of hydroxylamine groups is 1. The molecule has 0 saturated carbocycles. The number of hydrogen-bond donors (Lipinski definition) is 1. The highest BCUT2D eigenvalue weighted by Crippen LogP contribution is 2.32. The van der Waals surface area contributed by atoms with Crippen LogP contribution in [0, 0.1) is 0 Å². The van der Waals surface area contributed by atoms with Crippen LogP contribution in [-0.4, -0.2) is 17.6 Å². The molecular weight excluding hydrogens is 263 g/mol. The molecule has 0 aliphatic carbocycles. The molecule has 1 aliphatic heterocycles. The lowest BCUT2D eigenvalue weighted by molar-refractivity contribution is -0.137. The molecule has 19 heavy (non-hydrogen) atoms. The number of alkyl halides is 3. The van der Waals surface area contributed by atoms with Crippen LogP contribution in [0.25, 0.3) is 0 Å². The summed E-state index contributed by atoms with van der Waals surface area (Å²) in [5, 5.41) is 10.1. The third kappa shape index (κ3) is 2.64. The quantitative estimate of drug-likeness (QED) is 0.900. The summed E-state index contributed by atoms with van der Waals surface area (Å²) < 4.78 is 37.2. The average Bonchev–Trinajstić information content (AvgIpc) is 2.70. The van der Waals surface area contributed by atoms with Crippen LogP contribution < -0.4 is 5.06 Å². The average molecular weight is 273 g/mol. The molecule has 0 spiro atoms. The second-order valence-electron chi connectivity index (χ2n) is 4.01. The Kier molecular flexibility index (Phi) is 3.13. The maximum absolute atomic E-state index is 12.4. The zero-order chi connectivity index (χ0) is 14.2. The van der Waals surface area contributed by atoms with Crippen LogP contribution >= 0.6 is 0 Å². The van der Waals surface area contributed by atoms with E-state index < -0.39 is 17.7 Å². The van der Waals surface area contributed by atoms with Gasteiger partial charge in [0.2, 0.25) is 0 Å². The minimum Gasteiger partial charge on any atom is -0.478 e. The Morgan fingerprint density at radius 1 is 1.32 bits per heavy atom. The van der Waals surface area contributed by atoms with Crippen LogP contribution in [0.2, 0.25) is 0 Å². The molecule has 0 unspecified atom stereocenters. The van der Waals surface area contributed by atoms with Gasteiger partial charge in [0.1, 0.15) is 11.3 Å². The van der Waals surface area contributed by atoms with E-state index in [0.29, 0.717) is 5.69 Å². The Balaban J connectivity index is 2.16. The molecule has 0 radical (unpaired) electrons. The van der Waals surface area contributed by atoms with Gasteiger partial charge >= 0.3 is 12.1 Å². The number of nitrogens with zero attached hydrogens (tertiary/aromatic N) is 1. The highest BCUT2D eigenvalue weighted by Gasteiger charge is 2.31. The zero-order valence-corrected chi connectivity index (χ0v) is 9.86. The normalized spacial score (nSPS) is 15.7. The molecule has 1 aromatic carbocycles. The van der Waals surface area contributed by atoms with E-state index in [2.05, 4.69) is 0 Å². The van der Waals surface area contributed by atoms with Crippen molar-refractivity contribution < 1.29 is 27.9 Å². The Hall–Kier alpha value is -2.18. The first-order valence-corrected chi connectivity index (χ1v) is 5.35. The van der Waals surface area contributed by atoms with E-state index >= 15 is 0 Å². The van der Waals surface area contributed by atoms with Gasteiger partial charge in [-0.2, -0.15) is 13.2 Å². The Bertz CT molecular complexity index is 534. The van der Waals surface area contributed by atoms with Crippen LogP contribution in [0.1, 0.15) is 12.5 Å². The van der Waals surface area contributed by atoms with Gasteiger partial charge in [-0.25, -0.2) is 9.86 Å². The van der Waals surface area contributed by atoms with Crippen molar-refractivity contribution in [1.82, 2.24) is 0 Å². The lowest BCUT2D eigenvalue weighted by atomic mass is 10.2. The van der Waals surface area contributed by atoms with Crippen LogP contribution in [0.3, 0.4) is 0 Å². The molecule has 1 N–H and O–H groups in total. The molecule has 0 aromatic heterocycles. The van der Waals surface area contributed by atoms with Crippen LogP contribution in [0.5, 0.6) is 0 Å².